The fourth-order valence-corrected chi connectivity index (χ4v) is 7.49. The SMILES string of the molecule is C=CCN1CC[C@@]23c4c5ccc(O)c4C[C@@H]1[C@@H]2CC[C@@H](N(C)C(=O)C#Cc1cccc(C)c1)[C@@H]3O5. The number of piperidine rings is 1. The van der Waals surface area contributed by atoms with E-state index in [1.54, 1.807) is 6.07 Å². The average molecular weight is 469 g/mol. The van der Waals surface area contributed by atoms with Crippen molar-refractivity contribution in [2.45, 2.75) is 56.2 Å². The lowest BCUT2D eigenvalue weighted by Crippen LogP contribution is -2.68. The molecule has 0 radical (unpaired) electrons. The summed E-state index contributed by atoms with van der Waals surface area (Å²) in [5, 5.41) is 10.8. The van der Waals surface area contributed by atoms with Gasteiger partial charge in [-0.1, -0.05) is 24.1 Å². The zero-order valence-electron chi connectivity index (χ0n) is 20.5. The van der Waals surface area contributed by atoms with Crippen LogP contribution in [-0.2, 0) is 16.6 Å². The van der Waals surface area contributed by atoms with Crippen LogP contribution in [0.1, 0.15) is 41.5 Å². The maximum atomic E-state index is 13.2. The predicted octanol–water partition coefficient (Wildman–Crippen LogP) is 3.80. The highest BCUT2D eigenvalue weighted by molar-refractivity contribution is 5.94. The molecule has 2 aliphatic carbocycles. The van der Waals surface area contributed by atoms with Crippen molar-refractivity contribution in [2.24, 2.45) is 5.92 Å². The number of carbonyl (C=O) groups is 1. The van der Waals surface area contributed by atoms with Gasteiger partial charge in [0.1, 0.15) is 17.6 Å². The van der Waals surface area contributed by atoms with Crippen LogP contribution in [-0.4, -0.2) is 59.1 Å². The molecule has 2 aromatic carbocycles. The zero-order chi connectivity index (χ0) is 24.3. The van der Waals surface area contributed by atoms with E-state index in [1.807, 2.05) is 55.3 Å². The molecule has 5 nitrogen and oxygen atoms in total. The summed E-state index contributed by atoms with van der Waals surface area (Å²) < 4.78 is 6.70. The van der Waals surface area contributed by atoms with Gasteiger partial charge in [-0.15, -0.1) is 6.58 Å². The standard InChI is InChI=1S/C30H32N2O3/c1-4-15-32-16-14-30-22-9-10-23(31(3)27(34)13-8-20-7-5-6-19(2)17-20)29(30)35-26-12-11-25(33)21(28(26)30)18-24(22)32/h4-7,11-12,17,22-24,29,33H,1,9-10,14-16,18H2,2-3H3/t22-,23+,24+,29-,30-/m0/s1. The number of phenolic OH excluding ortho intramolecular Hbond substituents is 1. The molecule has 2 bridgehead atoms. The number of benzene rings is 2. The van der Waals surface area contributed by atoms with E-state index in [0.717, 1.165) is 61.2 Å². The van der Waals surface area contributed by atoms with E-state index in [9.17, 15) is 9.90 Å². The Labute approximate surface area is 207 Å². The lowest BCUT2D eigenvalue weighted by atomic mass is 9.51. The number of phenols is 1. The van der Waals surface area contributed by atoms with Gasteiger partial charge in [-0.05, 0) is 74.9 Å². The van der Waals surface area contributed by atoms with Gasteiger partial charge in [0.15, 0.2) is 0 Å². The average Bonchev–Trinajstić information content (AvgIpc) is 3.18. The van der Waals surface area contributed by atoms with Gasteiger partial charge >= 0.3 is 0 Å². The topological polar surface area (TPSA) is 53.0 Å². The molecular formula is C30H32N2O3. The van der Waals surface area contributed by atoms with E-state index < -0.39 is 0 Å². The minimum atomic E-state index is -0.176. The Balaban J connectivity index is 1.36. The van der Waals surface area contributed by atoms with E-state index in [4.69, 9.17) is 4.74 Å². The highest BCUT2D eigenvalue weighted by Gasteiger charge is 2.66. The molecule has 180 valence electrons. The lowest BCUT2D eigenvalue weighted by molar-refractivity contribution is -0.134. The van der Waals surface area contributed by atoms with E-state index in [-0.39, 0.29) is 23.5 Å². The summed E-state index contributed by atoms with van der Waals surface area (Å²) in [6, 6.07) is 11.9. The first-order chi connectivity index (χ1) is 16.9. The third kappa shape index (κ3) is 3.23. The number of aromatic hydroxyl groups is 1. The Kier molecular flexibility index (Phi) is 5.19. The molecule has 1 amide bonds. The first-order valence-corrected chi connectivity index (χ1v) is 12.7. The molecular weight excluding hydrogens is 436 g/mol. The van der Waals surface area contributed by atoms with Crippen molar-refractivity contribution in [3.63, 3.8) is 0 Å². The maximum absolute atomic E-state index is 13.2. The van der Waals surface area contributed by atoms with Crippen LogP contribution in [0.3, 0.4) is 0 Å². The number of hydrogen-bond acceptors (Lipinski definition) is 4. The molecule has 1 N–H and O–H groups in total. The third-order valence-electron chi connectivity index (χ3n) is 8.93. The molecule has 35 heavy (non-hydrogen) atoms. The van der Waals surface area contributed by atoms with E-state index in [0.29, 0.717) is 17.7 Å². The van der Waals surface area contributed by atoms with E-state index >= 15 is 0 Å². The second kappa shape index (κ2) is 8.17. The van der Waals surface area contributed by atoms with Crippen molar-refractivity contribution in [3.8, 4) is 23.3 Å². The molecule has 0 unspecified atom stereocenters. The molecule has 1 saturated heterocycles. The summed E-state index contributed by atoms with van der Waals surface area (Å²) in [4.78, 5) is 17.6. The molecule has 6 rings (SSSR count). The predicted molar refractivity (Wildman–Crippen MR) is 135 cm³/mol. The van der Waals surface area contributed by atoms with Gasteiger partial charge in [0.05, 0.1) is 6.04 Å². The maximum Gasteiger partial charge on any atom is 0.298 e. The molecule has 0 aromatic heterocycles. The van der Waals surface area contributed by atoms with E-state index in [1.165, 1.54) is 5.56 Å². The normalized spacial score (nSPS) is 29.9. The summed E-state index contributed by atoms with van der Waals surface area (Å²) in [5.41, 5.74) is 4.04. The smallest absolute Gasteiger partial charge is 0.298 e. The van der Waals surface area contributed by atoms with Gasteiger partial charge < -0.3 is 14.7 Å². The highest BCUT2D eigenvalue weighted by Crippen LogP contribution is 2.63. The van der Waals surface area contributed by atoms with Crippen LogP contribution in [0, 0.1) is 24.7 Å². The van der Waals surface area contributed by atoms with Crippen LogP contribution in [0.15, 0.2) is 49.1 Å². The molecule has 5 heteroatoms. The van der Waals surface area contributed by atoms with Gasteiger partial charge in [-0.2, -0.15) is 0 Å². The number of rotatable bonds is 3. The molecule has 2 fully saturated rings. The first kappa shape index (κ1) is 22.2. The molecule has 1 saturated carbocycles. The Bertz CT molecular complexity index is 1270. The number of amides is 1. The van der Waals surface area contributed by atoms with Gasteiger partial charge in [0.25, 0.3) is 5.91 Å². The van der Waals surface area contributed by atoms with Crippen molar-refractivity contribution in [2.75, 3.05) is 20.1 Å². The van der Waals surface area contributed by atoms with Gasteiger partial charge in [-0.25, -0.2) is 0 Å². The number of nitrogens with zero attached hydrogens (tertiary/aromatic N) is 2. The number of likely N-dealkylation sites (N-methyl/N-ethyl adjacent to an activating group) is 1. The minimum Gasteiger partial charge on any atom is -0.508 e. The Morgan fingerprint density at radius 3 is 3.00 bits per heavy atom. The monoisotopic (exact) mass is 468 g/mol. The van der Waals surface area contributed by atoms with Gasteiger partial charge in [0, 0.05) is 47.7 Å². The van der Waals surface area contributed by atoms with Crippen LogP contribution < -0.4 is 4.74 Å². The van der Waals surface area contributed by atoms with Crippen LogP contribution in [0.5, 0.6) is 11.5 Å². The van der Waals surface area contributed by atoms with Crippen molar-refractivity contribution in [3.05, 3.63) is 71.3 Å². The lowest BCUT2D eigenvalue weighted by Gasteiger charge is -2.60. The Hall–Kier alpha value is -3.23. The summed E-state index contributed by atoms with van der Waals surface area (Å²) in [5.74, 6) is 7.44. The van der Waals surface area contributed by atoms with Crippen molar-refractivity contribution >= 4 is 5.91 Å². The van der Waals surface area contributed by atoms with Crippen LogP contribution in [0.25, 0.3) is 0 Å². The largest absolute Gasteiger partial charge is 0.508 e. The van der Waals surface area contributed by atoms with Gasteiger partial charge in [-0.3, -0.25) is 9.69 Å². The molecule has 1 spiro atoms. The van der Waals surface area contributed by atoms with E-state index in [2.05, 4.69) is 23.3 Å². The number of likely N-dealkylation sites (tertiary alicyclic amines) is 1. The molecule has 2 aliphatic heterocycles. The zero-order valence-corrected chi connectivity index (χ0v) is 20.5. The minimum absolute atomic E-state index is 0.0577. The Morgan fingerprint density at radius 2 is 2.20 bits per heavy atom. The van der Waals surface area contributed by atoms with Crippen molar-refractivity contribution in [1.29, 1.82) is 0 Å². The van der Waals surface area contributed by atoms with Crippen molar-refractivity contribution < 1.29 is 14.6 Å². The third-order valence-corrected chi connectivity index (χ3v) is 8.93. The van der Waals surface area contributed by atoms with Crippen molar-refractivity contribution in [1.82, 2.24) is 9.80 Å². The van der Waals surface area contributed by atoms with Crippen LogP contribution in [0.2, 0.25) is 0 Å². The summed E-state index contributed by atoms with van der Waals surface area (Å²) in [6.45, 7) is 7.83. The summed E-state index contributed by atoms with van der Waals surface area (Å²) in [6.07, 6.45) is 5.58. The second-order valence-corrected chi connectivity index (χ2v) is 10.6. The highest BCUT2D eigenvalue weighted by atomic mass is 16.5. The quantitative estimate of drug-likeness (QED) is 0.550. The number of ether oxygens (including phenoxy) is 1. The number of carbonyl (C=O) groups excluding carboxylic acids is 1. The number of hydrogen-bond donors (Lipinski definition) is 1. The molecule has 4 aliphatic rings. The summed E-state index contributed by atoms with van der Waals surface area (Å²) in [7, 11) is 1.87. The summed E-state index contributed by atoms with van der Waals surface area (Å²) >= 11 is 0. The second-order valence-electron chi connectivity index (χ2n) is 10.6. The Morgan fingerprint density at radius 1 is 1.34 bits per heavy atom. The molecule has 2 aromatic rings. The first-order valence-electron chi connectivity index (χ1n) is 12.7. The van der Waals surface area contributed by atoms with Crippen LogP contribution in [0.4, 0.5) is 0 Å². The van der Waals surface area contributed by atoms with Crippen LogP contribution >= 0.6 is 0 Å². The fourth-order valence-electron chi connectivity index (χ4n) is 7.49. The number of aryl methyl sites for hydroxylation is 1. The fraction of sp³-hybridized carbons (Fsp3) is 0.433. The van der Waals surface area contributed by atoms with Gasteiger partial charge in [0.2, 0.25) is 0 Å². The molecule has 5 atom stereocenters. The molecule has 2 heterocycles.